The zero-order valence-corrected chi connectivity index (χ0v) is 25.1. The molecule has 1 N–H and O–H groups in total. The third-order valence-corrected chi connectivity index (χ3v) is 8.30. The molecule has 1 aromatic carbocycles. The van der Waals surface area contributed by atoms with Crippen LogP contribution < -0.4 is 15.1 Å². The molecule has 0 saturated carbocycles. The predicted octanol–water partition coefficient (Wildman–Crippen LogP) is 4.09. The number of nitrogens with zero attached hydrogens (tertiary/aromatic N) is 6. The molecular weight excluding hydrogens is 593 g/mol. The second-order valence-electron chi connectivity index (χ2n) is 10.3. The van der Waals surface area contributed by atoms with E-state index in [4.69, 9.17) is 37.7 Å². The molecule has 43 heavy (non-hydrogen) atoms. The molecule has 2 fully saturated rings. The topological polar surface area (TPSA) is 105 Å². The molecule has 4 aromatic rings. The van der Waals surface area contributed by atoms with Crippen LogP contribution in [0.3, 0.4) is 0 Å². The quantitative estimate of drug-likeness (QED) is 0.305. The number of hydrogen-bond acceptors (Lipinski definition) is 9. The number of morpholine rings is 1. The normalized spacial score (nSPS) is 15.6. The molecule has 0 aliphatic carbocycles. The van der Waals surface area contributed by atoms with E-state index in [1.54, 1.807) is 30.7 Å². The number of esters is 1. The number of methoxy groups -OCH3 is 1. The van der Waals surface area contributed by atoms with Gasteiger partial charge in [-0.1, -0.05) is 35.3 Å². The smallest absolute Gasteiger partial charge is 0.338 e. The van der Waals surface area contributed by atoms with Crippen molar-refractivity contribution in [2.45, 2.75) is 0 Å². The van der Waals surface area contributed by atoms with Crippen molar-refractivity contribution in [1.82, 2.24) is 19.3 Å². The average Bonchev–Trinajstić information content (AvgIpc) is 3.41. The number of amides is 1. The Morgan fingerprint density at radius 2 is 1.65 bits per heavy atom. The number of hydrogen-bond donors (Lipinski definition) is 1. The number of halogens is 2. The van der Waals surface area contributed by atoms with Gasteiger partial charge in [0.05, 0.1) is 48.2 Å². The van der Waals surface area contributed by atoms with E-state index in [0.717, 1.165) is 30.0 Å². The van der Waals surface area contributed by atoms with Gasteiger partial charge in [0.1, 0.15) is 17.2 Å². The third-order valence-electron chi connectivity index (χ3n) is 7.75. The Morgan fingerprint density at radius 3 is 2.33 bits per heavy atom. The predicted molar refractivity (Wildman–Crippen MR) is 167 cm³/mol. The molecule has 11 nitrogen and oxygen atoms in total. The van der Waals surface area contributed by atoms with Crippen molar-refractivity contribution in [3.05, 3.63) is 70.6 Å². The molecular formula is C30H31Cl2N7O4. The van der Waals surface area contributed by atoms with Crippen LogP contribution in [0.1, 0.15) is 10.4 Å². The molecule has 0 unspecified atom stereocenters. The molecule has 2 saturated heterocycles. The summed E-state index contributed by atoms with van der Waals surface area (Å²) in [7, 11) is 1.35. The maximum Gasteiger partial charge on any atom is 0.338 e. The van der Waals surface area contributed by atoms with E-state index in [-0.39, 0.29) is 12.5 Å². The summed E-state index contributed by atoms with van der Waals surface area (Å²) in [6.07, 6.45) is 4.90. The van der Waals surface area contributed by atoms with E-state index >= 15 is 0 Å². The van der Waals surface area contributed by atoms with Crippen molar-refractivity contribution in [1.29, 1.82) is 0 Å². The Labute approximate surface area is 258 Å². The third kappa shape index (κ3) is 6.06. The van der Waals surface area contributed by atoms with Crippen molar-refractivity contribution < 1.29 is 19.1 Å². The van der Waals surface area contributed by atoms with Crippen LogP contribution in [0.2, 0.25) is 10.0 Å². The Bertz CT molecular complexity index is 1610. The van der Waals surface area contributed by atoms with Gasteiger partial charge in [0.15, 0.2) is 0 Å². The van der Waals surface area contributed by atoms with E-state index in [0.29, 0.717) is 72.2 Å². The van der Waals surface area contributed by atoms with Crippen LogP contribution in [0.15, 0.2) is 55.0 Å². The number of imidazole rings is 1. The van der Waals surface area contributed by atoms with Crippen molar-refractivity contribution >= 4 is 57.9 Å². The molecule has 3 aromatic heterocycles. The largest absolute Gasteiger partial charge is 0.465 e. The van der Waals surface area contributed by atoms with Gasteiger partial charge in [-0.15, -0.1) is 0 Å². The standard InChI is InChI=1S/C30H31Cl2N7O4/c1-42-30(41)21-6-7-39-25(16-21)35-27(20-2-4-22(5-3-20)36-12-14-43-15-13-36)29(39)34-19-26(40)37-8-10-38(11-9-37)28-23(31)17-33-18-24(28)32/h2-7,16-18,34H,8-15,19H2,1H3. The van der Waals surface area contributed by atoms with Gasteiger partial charge in [0.2, 0.25) is 5.91 Å². The van der Waals surface area contributed by atoms with E-state index < -0.39 is 5.97 Å². The van der Waals surface area contributed by atoms with E-state index in [1.807, 2.05) is 21.4 Å². The van der Waals surface area contributed by atoms with Gasteiger partial charge in [0, 0.05) is 69.1 Å². The number of rotatable bonds is 7. The second kappa shape index (κ2) is 12.7. The van der Waals surface area contributed by atoms with Crippen molar-refractivity contribution in [3.63, 3.8) is 0 Å². The molecule has 13 heteroatoms. The van der Waals surface area contributed by atoms with Crippen LogP contribution in [0.4, 0.5) is 17.2 Å². The fraction of sp³-hybridized carbons (Fsp3) is 0.333. The molecule has 0 spiro atoms. The van der Waals surface area contributed by atoms with Crippen molar-refractivity contribution in [2.75, 3.05) is 81.3 Å². The number of fused-ring (bicyclic) bond motifs is 1. The average molecular weight is 625 g/mol. The first-order valence-electron chi connectivity index (χ1n) is 14.0. The van der Waals surface area contributed by atoms with Gasteiger partial charge < -0.3 is 29.5 Å². The van der Waals surface area contributed by atoms with E-state index in [2.05, 4.69) is 32.2 Å². The SMILES string of the molecule is COC(=O)c1ccn2c(NCC(=O)N3CCN(c4c(Cl)cncc4Cl)CC3)c(-c3ccc(N4CCOCC4)cc3)nc2c1. The van der Waals surface area contributed by atoms with Crippen molar-refractivity contribution in [2.24, 2.45) is 0 Å². The zero-order chi connectivity index (χ0) is 29.9. The maximum atomic E-state index is 13.3. The van der Waals surface area contributed by atoms with Crippen molar-refractivity contribution in [3.8, 4) is 11.3 Å². The molecule has 2 aliphatic heterocycles. The first-order chi connectivity index (χ1) is 20.9. The van der Waals surface area contributed by atoms with Crippen LogP contribution in [0.5, 0.6) is 0 Å². The molecule has 1 amide bonds. The highest BCUT2D eigenvalue weighted by molar-refractivity contribution is 6.38. The number of carbonyl (C=O) groups is 2. The summed E-state index contributed by atoms with van der Waals surface area (Å²) in [5.74, 6) is 0.175. The van der Waals surface area contributed by atoms with Crippen LogP contribution >= 0.6 is 23.2 Å². The number of pyridine rings is 2. The van der Waals surface area contributed by atoms with Crippen LogP contribution in [0, 0.1) is 0 Å². The monoisotopic (exact) mass is 623 g/mol. The van der Waals surface area contributed by atoms with Gasteiger partial charge in [0.25, 0.3) is 0 Å². The Balaban J connectivity index is 1.21. The van der Waals surface area contributed by atoms with Gasteiger partial charge in [-0.25, -0.2) is 9.78 Å². The Morgan fingerprint density at radius 1 is 0.953 bits per heavy atom. The summed E-state index contributed by atoms with van der Waals surface area (Å²) >= 11 is 12.7. The molecule has 2 aliphatic rings. The highest BCUT2D eigenvalue weighted by atomic mass is 35.5. The first kappa shape index (κ1) is 29.0. The first-order valence-corrected chi connectivity index (χ1v) is 14.8. The number of ether oxygens (including phenoxy) is 2. The highest BCUT2D eigenvalue weighted by Crippen LogP contribution is 2.34. The fourth-order valence-corrected chi connectivity index (χ4v) is 6.07. The van der Waals surface area contributed by atoms with Crippen LogP contribution in [-0.2, 0) is 14.3 Å². The zero-order valence-electron chi connectivity index (χ0n) is 23.6. The summed E-state index contributed by atoms with van der Waals surface area (Å²) in [6, 6.07) is 11.5. The molecule has 0 radical (unpaired) electrons. The molecule has 6 rings (SSSR count). The summed E-state index contributed by atoms with van der Waals surface area (Å²) in [4.78, 5) is 40.6. The summed E-state index contributed by atoms with van der Waals surface area (Å²) in [6.45, 7) is 5.43. The number of aromatic nitrogens is 3. The van der Waals surface area contributed by atoms with Crippen LogP contribution in [-0.4, -0.2) is 97.3 Å². The van der Waals surface area contributed by atoms with Crippen LogP contribution in [0.25, 0.3) is 16.9 Å². The number of piperazine rings is 1. The Hall–Kier alpha value is -4.06. The lowest BCUT2D eigenvalue weighted by molar-refractivity contribution is -0.129. The minimum absolute atomic E-state index is 0.0404. The summed E-state index contributed by atoms with van der Waals surface area (Å²) in [5, 5.41) is 4.31. The molecule has 224 valence electrons. The lowest BCUT2D eigenvalue weighted by Crippen LogP contribution is -2.50. The fourth-order valence-electron chi connectivity index (χ4n) is 5.47. The highest BCUT2D eigenvalue weighted by Gasteiger charge is 2.25. The van der Waals surface area contributed by atoms with Gasteiger partial charge in [-0.3, -0.25) is 14.2 Å². The number of benzene rings is 1. The number of carbonyl (C=O) groups excluding carboxylic acids is 2. The minimum Gasteiger partial charge on any atom is -0.465 e. The summed E-state index contributed by atoms with van der Waals surface area (Å²) < 4.78 is 12.2. The minimum atomic E-state index is -0.444. The molecule has 0 bridgehead atoms. The maximum absolute atomic E-state index is 13.3. The van der Waals surface area contributed by atoms with E-state index in [1.165, 1.54) is 7.11 Å². The lowest BCUT2D eigenvalue weighted by atomic mass is 10.1. The Kier molecular flexibility index (Phi) is 8.55. The van der Waals surface area contributed by atoms with Gasteiger partial charge in [-0.05, 0) is 24.3 Å². The summed E-state index contributed by atoms with van der Waals surface area (Å²) in [5.41, 5.74) is 4.37. The van der Waals surface area contributed by atoms with Gasteiger partial charge in [-0.2, -0.15) is 0 Å². The number of anilines is 3. The number of nitrogens with one attached hydrogen (secondary N) is 1. The molecule has 5 heterocycles. The molecule has 0 atom stereocenters. The lowest BCUT2D eigenvalue weighted by Gasteiger charge is -2.36. The van der Waals surface area contributed by atoms with E-state index in [9.17, 15) is 9.59 Å². The van der Waals surface area contributed by atoms with Gasteiger partial charge >= 0.3 is 5.97 Å². The second-order valence-corrected chi connectivity index (χ2v) is 11.1.